The molecule has 1 aromatic carbocycles. The van der Waals surface area contributed by atoms with Crippen molar-refractivity contribution in [3.63, 3.8) is 0 Å². The summed E-state index contributed by atoms with van der Waals surface area (Å²) in [6.07, 6.45) is 4.80. The summed E-state index contributed by atoms with van der Waals surface area (Å²) in [5.41, 5.74) is 7.75. The first-order chi connectivity index (χ1) is 9.71. The van der Waals surface area contributed by atoms with E-state index in [9.17, 15) is 0 Å². The lowest BCUT2D eigenvalue weighted by molar-refractivity contribution is 0.159. The van der Waals surface area contributed by atoms with Gasteiger partial charge in [-0.15, -0.1) is 0 Å². The summed E-state index contributed by atoms with van der Waals surface area (Å²) in [7, 11) is 1.72. The highest BCUT2D eigenvalue weighted by Crippen LogP contribution is 2.37. The van der Waals surface area contributed by atoms with Gasteiger partial charge in [0.15, 0.2) is 0 Å². The third-order valence-electron chi connectivity index (χ3n) is 4.17. The van der Waals surface area contributed by atoms with E-state index in [1.807, 2.05) is 6.07 Å². The highest BCUT2D eigenvalue weighted by Gasteiger charge is 2.36. The van der Waals surface area contributed by atoms with Gasteiger partial charge in [0.2, 0.25) is 0 Å². The number of hydrogen-bond donors (Lipinski definition) is 1. The number of hydrogen-bond acceptors (Lipinski definition) is 3. The van der Waals surface area contributed by atoms with Crippen LogP contribution in [0.15, 0.2) is 24.3 Å². The fourth-order valence-corrected chi connectivity index (χ4v) is 2.95. The van der Waals surface area contributed by atoms with Gasteiger partial charge in [0.1, 0.15) is 5.75 Å². The van der Waals surface area contributed by atoms with E-state index in [1.165, 1.54) is 24.8 Å². The molecule has 0 bridgehead atoms. The van der Waals surface area contributed by atoms with Crippen LogP contribution in [0.1, 0.15) is 51.1 Å². The van der Waals surface area contributed by atoms with Gasteiger partial charge in [-0.3, -0.25) is 4.90 Å². The summed E-state index contributed by atoms with van der Waals surface area (Å²) in [4.78, 5) is 2.61. The van der Waals surface area contributed by atoms with Gasteiger partial charge in [0.25, 0.3) is 0 Å². The van der Waals surface area contributed by atoms with Crippen LogP contribution < -0.4 is 10.5 Å². The van der Waals surface area contributed by atoms with Crippen LogP contribution in [0.2, 0.25) is 0 Å². The van der Waals surface area contributed by atoms with Crippen molar-refractivity contribution in [3.8, 4) is 5.75 Å². The van der Waals surface area contributed by atoms with E-state index in [4.69, 9.17) is 10.5 Å². The van der Waals surface area contributed by atoms with Crippen LogP contribution in [0.3, 0.4) is 0 Å². The molecule has 1 saturated carbocycles. The molecular formula is C17H28N2O. The normalized spacial score (nSPS) is 18.1. The molecule has 0 heterocycles. The largest absolute Gasteiger partial charge is 0.497 e. The molecule has 1 aliphatic carbocycles. The first kappa shape index (κ1) is 15.3. The fourth-order valence-electron chi connectivity index (χ4n) is 2.95. The van der Waals surface area contributed by atoms with Crippen LogP contribution in [0.25, 0.3) is 0 Å². The van der Waals surface area contributed by atoms with Crippen molar-refractivity contribution in [2.45, 2.75) is 57.7 Å². The topological polar surface area (TPSA) is 38.5 Å². The second kappa shape index (κ2) is 7.09. The van der Waals surface area contributed by atoms with E-state index < -0.39 is 0 Å². The predicted molar refractivity (Wildman–Crippen MR) is 84.0 cm³/mol. The summed E-state index contributed by atoms with van der Waals surface area (Å²) < 4.78 is 5.37. The van der Waals surface area contributed by atoms with Gasteiger partial charge in [-0.1, -0.05) is 26.0 Å². The molecule has 3 nitrogen and oxygen atoms in total. The number of nitrogens with two attached hydrogens (primary N) is 1. The molecule has 2 N–H and O–H groups in total. The van der Waals surface area contributed by atoms with Crippen LogP contribution in [0.4, 0.5) is 0 Å². The smallest absolute Gasteiger partial charge is 0.119 e. The fraction of sp³-hybridized carbons (Fsp3) is 0.647. The maximum atomic E-state index is 6.46. The van der Waals surface area contributed by atoms with Crippen LogP contribution in [0.5, 0.6) is 5.75 Å². The van der Waals surface area contributed by atoms with E-state index in [1.54, 1.807) is 7.11 Å². The SMILES string of the molecule is CCCN(C1CC1)C(c1cccc(OC)c1)C(N)CC. The van der Waals surface area contributed by atoms with Crippen molar-refractivity contribution in [3.05, 3.63) is 29.8 Å². The first-order valence-corrected chi connectivity index (χ1v) is 7.86. The predicted octanol–water partition coefficient (Wildman–Crippen LogP) is 3.35. The lowest BCUT2D eigenvalue weighted by Crippen LogP contribution is -2.42. The summed E-state index contributed by atoms with van der Waals surface area (Å²) >= 11 is 0. The number of benzene rings is 1. The monoisotopic (exact) mass is 276 g/mol. The average molecular weight is 276 g/mol. The minimum absolute atomic E-state index is 0.175. The minimum atomic E-state index is 0.175. The Hall–Kier alpha value is -1.06. The maximum absolute atomic E-state index is 6.46. The molecule has 3 heteroatoms. The molecule has 0 aliphatic heterocycles. The average Bonchev–Trinajstić information content (AvgIpc) is 3.31. The van der Waals surface area contributed by atoms with Crippen molar-refractivity contribution in [2.24, 2.45) is 5.73 Å². The van der Waals surface area contributed by atoms with Gasteiger partial charge >= 0.3 is 0 Å². The Morgan fingerprint density at radius 2 is 2.10 bits per heavy atom. The summed E-state index contributed by atoms with van der Waals surface area (Å²) in [5.74, 6) is 0.919. The Bertz CT molecular complexity index is 417. The summed E-state index contributed by atoms with van der Waals surface area (Å²) in [5, 5.41) is 0. The Kier molecular flexibility index (Phi) is 5.44. The molecule has 2 unspecified atom stereocenters. The van der Waals surface area contributed by atoms with E-state index in [0.717, 1.165) is 24.8 Å². The highest BCUT2D eigenvalue weighted by atomic mass is 16.5. The van der Waals surface area contributed by atoms with Crippen LogP contribution in [-0.2, 0) is 0 Å². The van der Waals surface area contributed by atoms with E-state index in [2.05, 4.69) is 36.9 Å². The Morgan fingerprint density at radius 1 is 1.35 bits per heavy atom. The van der Waals surface area contributed by atoms with Crippen molar-refractivity contribution >= 4 is 0 Å². The Labute approximate surface area is 123 Å². The van der Waals surface area contributed by atoms with Gasteiger partial charge in [0, 0.05) is 12.1 Å². The highest BCUT2D eigenvalue weighted by molar-refractivity contribution is 5.31. The van der Waals surface area contributed by atoms with Gasteiger partial charge in [0.05, 0.1) is 13.2 Å². The van der Waals surface area contributed by atoms with E-state index in [0.29, 0.717) is 6.04 Å². The molecule has 1 fully saturated rings. The number of ether oxygens (including phenoxy) is 1. The quantitative estimate of drug-likeness (QED) is 0.791. The molecule has 2 rings (SSSR count). The van der Waals surface area contributed by atoms with Crippen LogP contribution >= 0.6 is 0 Å². The van der Waals surface area contributed by atoms with E-state index >= 15 is 0 Å². The zero-order valence-electron chi connectivity index (χ0n) is 13.0. The van der Waals surface area contributed by atoms with Gasteiger partial charge in [-0.25, -0.2) is 0 Å². The maximum Gasteiger partial charge on any atom is 0.119 e. The standard InChI is InChI=1S/C17H28N2O/c1-4-11-19(14-9-10-14)17(16(18)5-2)13-7-6-8-15(12-13)20-3/h6-8,12,14,16-17H,4-5,9-11,18H2,1-3H3. The van der Waals surface area contributed by atoms with Crippen molar-refractivity contribution in [1.29, 1.82) is 0 Å². The second-order valence-electron chi connectivity index (χ2n) is 5.76. The van der Waals surface area contributed by atoms with Crippen LogP contribution in [0, 0.1) is 0 Å². The Balaban J connectivity index is 2.29. The third kappa shape index (κ3) is 3.53. The zero-order valence-corrected chi connectivity index (χ0v) is 13.0. The van der Waals surface area contributed by atoms with Crippen molar-refractivity contribution in [2.75, 3.05) is 13.7 Å². The lowest BCUT2D eigenvalue weighted by atomic mass is 9.95. The third-order valence-corrected chi connectivity index (χ3v) is 4.17. The molecule has 0 amide bonds. The van der Waals surface area contributed by atoms with Crippen LogP contribution in [-0.4, -0.2) is 30.6 Å². The molecule has 0 saturated heterocycles. The first-order valence-electron chi connectivity index (χ1n) is 7.86. The number of rotatable bonds is 8. The molecule has 0 spiro atoms. The molecule has 0 radical (unpaired) electrons. The molecule has 0 aromatic heterocycles. The number of methoxy groups -OCH3 is 1. The second-order valence-corrected chi connectivity index (χ2v) is 5.76. The number of nitrogens with zero attached hydrogens (tertiary/aromatic N) is 1. The van der Waals surface area contributed by atoms with Crippen molar-refractivity contribution in [1.82, 2.24) is 4.90 Å². The molecule has 1 aliphatic rings. The molecule has 2 atom stereocenters. The summed E-state index contributed by atoms with van der Waals surface area (Å²) in [6, 6.07) is 9.61. The van der Waals surface area contributed by atoms with Gasteiger partial charge in [-0.05, 0) is 49.9 Å². The van der Waals surface area contributed by atoms with Crippen molar-refractivity contribution < 1.29 is 4.74 Å². The summed E-state index contributed by atoms with van der Waals surface area (Å²) in [6.45, 7) is 5.55. The molecule has 1 aromatic rings. The molecule has 20 heavy (non-hydrogen) atoms. The zero-order chi connectivity index (χ0) is 14.5. The lowest BCUT2D eigenvalue weighted by Gasteiger charge is -2.36. The molecular weight excluding hydrogens is 248 g/mol. The molecule has 112 valence electrons. The minimum Gasteiger partial charge on any atom is -0.497 e. The van der Waals surface area contributed by atoms with Gasteiger partial charge in [-0.2, -0.15) is 0 Å². The Morgan fingerprint density at radius 3 is 2.65 bits per heavy atom. The van der Waals surface area contributed by atoms with E-state index in [-0.39, 0.29) is 6.04 Å². The van der Waals surface area contributed by atoms with Gasteiger partial charge < -0.3 is 10.5 Å².